The van der Waals surface area contributed by atoms with Crippen LogP contribution in [0, 0.1) is 6.92 Å². The first-order valence-electron chi connectivity index (χ1n) is 15.4. The Morgan fingerprint density at radius 2 is 1.84 bits per heavy atom. The average Bonchev–Trinajstić information content (AvgIpc) is 3.72. The zero-order valence-corrected chi connectivity index (χ0v) is 25.8. The van der Waals surface area contributed by atoms with Gasteiger partial charge in [0.25, 0.3) is 5.56 Å². The van der Waals surface area contributed by atoms with E-state index in [0.29, 0.717) is 36.3 Å². The third-order valence-corrected chi connectivity index (χ3v) is 9.99. The molecule has 3 fully saturated rings. The second kappa shape index (κ2) is 12.3. The number of nitrogens with one attached hydrogen (secondary N) is 3. The first kappa shape index (κ1) is 28.4. The fourth-order valence-corrected chi connectivity index (χ4v) is 7.24. The van der Waals surface area contributed by atoms with Crippen molar-refractivity contribution in [1.29, 1.82) is 0 Å². The van der Waals surface area contributed by atoms with Crippen LogP contribution in [0.1, 0.15) is 42.5 Å². The number of piperidine rings is 1. The fourth-order valence-electron chi connectivity index (χ4n) is 6.67. The summed E-state index contributed by atoms with van der Waals surface area (Å²) in [5.74, 6) is 0.946. The molecule has 0 spiro atoms. The maximum Gasteiger partial charge on any atom is 0.261 e. The fraction of sp³-hybridized carbons (Fsp3) is 0.469. The van der Waals surface area contributed by atoms with E-state index in [-0.39, 0.29) is 11.6 Å². The molecule has 0 amide bonds. The summed E-state index contributed by atoms with van der Waals surface area (Å²) in [6, 6.07) is 12.5. The van der Waals surface area contributed by atoms with E-state index >= 15 is 0 Å². The van der Waals surface area contributed by atoms with Crippen molar-refractivity contribution in [3.8, 4) is 11.3 Å². The van der Waals surface area contributed by atoms with Crippen LogP contribution in [0.4, 0.5) is 17.3 Å². The number of nitrogens with zero attached hydrogens (tertiary/aromatic N) is 5. The van der Waals surface area contributed by atoms with E-state index < -0.39 is 0 Å². The lowest BCUT2D eigenvalue weighted by Gasteiger charge is -2.29. The van der Waals surface area contributed by atoms with Gasteiger partial charge in [-0.2, -0.15) is 4.98 Å². The number of ether oxygens (including phenoxy) is 1. The van der Waals surface area contributed by atoms with Crippen LogP contribution in [0.15, 0.2) is 47.4 Å². The molecule has 3 N–H and O–H groups in total. The second-order valence-corrected chi connectivity index (χ2v) is 12.7. The van der Waals surface area contributed by atoms with Gasteiger partial charge in [-0.3, -0.25) is 13.7 Å². The molecular formula is C32H40N8O2S. The van der Waals surface area contributed by atoms with E-state index in [9.17, 15) is 4.79 Å². The molecule has 11 heteroatoms. The van der Waals surface area contributed by atoms with E-state index in [4.69, 9.17) is 9.72 Å². The number of pyridine rings is 1. The number of anilines is 3. The normalized spacial score (nSPS) is 20.2. The molecule has 1 unspecified atom stereocenters. The predicted octanol–water partition coefficient (Wildman–Crippen LogP) is 4.67. The lowest BCUT2D eigenvalue weighted by atomic mass is 9.94. The largest absolute Gasteiger partial charge is 0.379 e. The standard InChI is InChI=1S/C32H40N8O2S/c1-21-17-28(22-7-12-39(43-2)13-8-22)36-29(21)27-18-23-19-34-32(37-30(23)40(31(27)41)26-9-16-42-20-26)35-24-3-5-25(6-4-24)38-14-10-33-11-15-38/h3-6,17-19,22,26,33,36H,7-16,20H2,1-2H3,(H,34,35,37). The summed E-state index contributed by atoms with van der Waals surface area (Å²) in [5.41, 5.74) is 6.59. The summed E-state index contributed by atoms with van der Waals surface area (Å²) in [7, 11) is 0. The zero-order valence-electron chi connectivity index (χ0n) is 24.9. The van der Waals surface area contributed by atoms with Gasteiger partial charge in [0.15, 0.2) is 0 Å². The summed E-state index contributed by atoms with van der Waals surface area (Å²) in [6.07, 6.45) is 6.98. The number of fused-ring (bicyclic) bond motifs is 1. The van der Waals surface area contributed by atoms with Crippen molar-refractivity contribution in [3.63, 3.8) is 0 Å². The van der Waals surface area contributed by atoms with Crippen molar-refractivity contribution in [3.05, 3.63) is 64.2 Å². The Bertz CT molecular complexity index is 1630. The van der Waals surface area contributed by atoms with Crippen LogP contribution in [0.5, 0.6) is 0 Å². The number of H-pyrrole nitrogens is 1. The molecule has 0 aliphatic carbocycles. The smallest absolute Gasteiger partial charge is 0.261 e. The second-order valence-electron chi connectivity index (χ2n) is 11.8. The zero-order chi connectivity index (χ0) is 29.3. The highest BCUT2D eigenvalue weighted by Gasteiger charge is 2.27. The molecule has 4 aromatic rings. The molecule has 1 atom stereocenters. The summed E-state index contributed by atoms with van der Waals surface area (Å²) >= 11 is 1.82. The molecule has 0 radical (unpaired) electrons. The van der Waals surface area contributed by atoms with Crippen molar-refractivity contribution in [1.82, 2.24) is 29.1 Å². The Labute approximate surface area is 256 Å². The van der Waals surface area contributed by atoms with Gasteiger partial charge in [-0.05, 0) is 74.4 Å². The number of aromatic amines is 1. The van der Waals surface area contributed by atoms with Gasteiger partial charge in [0, 0.05) is 80.4 Å². The Kier molecular flexibility index (Phi) is 8.13. The number of rotatable bonds is 7. The van der Waals surface area contributed by atoms with Gasteiger partial charge in [-0.25, -0.2) is 4.98 Å². The molecule has 3 aliphatic rings. The first-order valence-corrected chi connectivity index (χ1v) is 16.6. The lowest BCUT2D eigenvalue weighted by Crippen LogP contribution is -2.43. The molecule has 6 heterocycles. The van der Waals surface area contributed by atoms with Gasteiger partial charge in [0.05, 0.1) is 23.9 Å². The summed E-state index contributed by atoms with van der Waals surface area (Å²) in [4.78, 5) is 29.8. The monoisotopic (exact) mass is 600 g/mol. The van der Waals surface area contributed by atoms with Gasteiger partial charge in [-0.1, -0.05) is 11.9 Å². The van der Waals surface area contributed by atoms with Crippen LogP contribution in [0.25, 0.3) is 22.3 Å². The van der Waals surface area contributed by atoms with E-state index in [1.54, 1.807) is 0 Å². The summed E-state index contributed by atoms with van der Waals surface area (Å²) in [6.45, 7) is 9.41. The van der Waals surface area contributed by atoms with Gasteiger partial charge in [0.1, 0.15) is 5.65 Å². The minimum Gasteiger partial charge on any atom is -0.379 e. The highest BCUT2D eigenvalue weighted by atomic mass is 32.2. The molecule has 43 heavy (non-hydrogen) atoms. The minimum absolute atomic E-state index is 0.0401. The molecule has 1 aromatic carbocycles. The number of aryl methyl sites for hydroxylation is 1. The van der Waals surface area contributed by atoms with Crippen LogP contribution < -0.4 is 21.1 Å². The Morgan fingerprint density at radius 1 is 1.05 bits per heavy atom. The quantitative estimate of drug-likeness (QED) is 0.261. The number of benzene rings is 1. The first-order chi connectivity index (χ1) is 21.1. The third kappa shape index (κ3) is 5.78. The topological polar surface area (TPSA) is 103 Å². The van der Waals surface area contributed by atoms with Gasteiger partial charge in [-0.15, -0.1) is 0 Å². The van der Waals surface area contributed by atoms with Crippen LogP contribution >= 0.6 is 11.9 Å². The van der Waals surface area contributed by atoms with Crippen LogP contribution in [0.2, 0.25) is 0 Å². The maximum absolute atomic E-state index is 14.2. The Balaban J connectivity index is 1.21. The third-order valence-electron chi connectivity index (χ3n) is 9.11. The highest BCUT2D eigenvalue weighted by Crippen LogP contribution is 2.34. The van der Waals surface area contributed by atoms with Gasteiger partial charge in [0.2, 0.25) is 5.95 Å². The number of piperazine rings is 1. The van der Waals surface area contributed by atoms with Gasteiger partial charge >= 0.3 is 0 Å². The van der Waals surface area contributed by atoms with Crippen molar-refractivity contribution in [2.24, 2.45) is 0 Å². The number of hydrogen-bond acceptors (Lipinski definition) is 9. The molecule has 3 aliphatic heterocycles. The molecule has 0 bridgehead atoms. The van der Waals surface area contributed by atoms with E-state index in [2.05, 4.69) is 73.3 Å². The van der Waals surface area contributed by atoms with Crippen molar-refractivity contribution < 1.29 is 4.74 Å². The minimum atomic E-state index is -0.0679. The Morgan fingerprint density at radius 3 is 2.56 bits per heavy atom. The lowest BCUT2D eigenvalue weighted by molar-refractivity contribution is 0.186. The molecule has 3 saturated heterocycles. The van der Waals surface area contributed by atoms with Crippen LogP contribution in [-0.4, -0.2) is 82.6 Å². The van der Waals surface area contributed by atoms with Crippen molar-refractivity contribution >= 4 is 40.3 Å². The van der Waals surface area contributed by atoms with Crippen molar-refractivity contribution in [2.75, 3.05) is 69.0 Å². The summed E-state index contributed by atoms with van der Waals surface area (Å²) in [5, 5.41) is 7.59. The SMILES string of the molecule is CSN1CCC(c2cc(C)c(-c3cc4cnc(Nc5ccc(N6CCNCC6)cc5)nc4n(C4CCOC4)c3=O)[nH]2)CC1. The van der Waals surface area contributed by atoms with E-state index in [1.165, 1.54) is 11.4 Å². The predicted molar refractivity (Wildman–Crippen MR) is 175 cm³/mol. The average molecular weight is 601 g/mol. The van der Waals surface area contributed by atoms with E-state index in [1.807, 2.05) is 28.8 Å². The highest BCUT2D eigenvalue weighted by molar-refractivity contribution is 7.96. The molecule has 7 rings (SSSR count). The summed E-state index contributed by atoms with van der Waals surface area (Å²) < 4.78 is 10.00. The maximum atomic E-state index is 14.2. The molecule has 226 valence electrons. The van der Waals surface area contributed by atoms with Gasteiger partial charge < -0.3 is 25.3 Å². The van der Waals surface area contributed by atoms with Crippen molar-refractivity contribution in [2.45, 2.75) is 38.1 Å². The molecular weight excluding hydrogens is 560 g/mol. The molecule has 10 nitrogen and oxygen atoms in total. The molecule has 3 aromatic heterocycles. The number of aromatic nitrogens is 4. The Hall–Kier alpha value is -3.38. The number of hydrogen-bond donors (Lipinski definition) is 3. The van der Waals surface area contributed by atoms with Crippen LogP contribution in [0.3, 0.4) is 0 Å². The van der Waals surface area contributed by atoms with E-state index in [0.717, 1.165) is 80.9 Å². The molecule has 0 saturated carbocycles. The van der Waals surface area contributed by atoms with Crippen LogP contribution in [-0.2, 0) is 4.74 Å².